The van der Waals surface area contributed by atoms with Gasteiger partial charge in [0, 0.05) is 6.61 Å². The third-order valence-electron chi connectivity index (χ3n) is 2.94. The van der Waals surface area contributed by atoms with Gasteiger partial charge in [-0.1, -0.05) is 6.42 Å². The minimum absolute atomic E-state index is 0.0533. The van der Waals surface area contributed by atoms with Crippen molar-refractivity contribution in [3.8, 4) is 0 Å². The lowest BCUT2D eigenvalue weighted by Crippen LogP contribution is -2.45. The summed E-state index contributed by atoms with van der Waals surface area (Å²) < 4.78 is 4.80. The lowest BCUT2D eigenvalue weighted by Gasteiger charge is -2.33. The van der Waals surface area contributed by atoms with Crippen molar-refractivity contribution in [1.29, 1.82) is 0 Å². The van der Waals surface area contributed by atoms with Gasteiger partial charge < -0.3 is 9.84 Å². The fraction of sp³-hybridized carbons (Fsp3) is 0.909. The second-order valence-corrected chi connectivity index (χ2v) is 4.00. The highest BCUT2D eigenvalue weighted by atomic mass is 16.5. The first kappa shape index (κ1) is 12.5. The second-order valence-electron chi connectivity index (χ2n) is 4.00. The molecule has 1 rings (SSSR count). The first-order valence-electron chi connectivity index (χ1n) is 5.72. The van der Waals surface area contributed by atoms with E-state index in [9.17, 15) is 4.79 Å². The Labute approximate surface area is 91.2 Å². The van der Waals surface area contributed by atoms with E-state index in [4.69, 9.17) is 9.84 Å². The summed E-state index contributed by atoms with van der Waals surface area (Å²) in [7, 11) is 1.45. The maximum absolute atomic E-state index is 11.5. The average Bonchev–Trinajstić information content (AvgIpc) is 2.29. The predicted octanol–water partition coefficient (Wildman–Crippen LogP) is 0.786. The summed E-state index contributed by atoms with van der Waals surface area (Å²) in [5, 5.41) is 8.71. The van der Waals surface area contributed by atoms with Gasteiger partial charge in [-0.3, -0.25) is 9.69 Å². The van der Waals surface area contributed by atoms with E-state index in [2.05, 4.69) is 4.90 Å². The molecule has 15 heavy (non-hydrogen) atoms. The van der Waals surface area contributed by atoms with E-state index in [0.29, 0.717) is 0 Å². The van der Waals surface area contributed by atoms with Crippen LogP contribution in [0.2, 0.25) is 0 Å². The monoisotopic (exact) mass is 215 g/mol. The number of aliphatic hydroxyl groups is 1. The molecule has 0 aromatic carbocycles. The predicted molar refractivity (Wildman–Crippen MR) is 57.5 cm³/mol. The molecule has 1 aliphatic heterocycles. The zero-order valence-electron chi connectivity index (χ0n) is 9.45. The van der Waals surface area contributed by atoms with Crippen LogP contribution in [0.3, 0.4) is 0 Å². The van der Waals surface area contributed by atoms with Crippen molar-refractivity contribution in [2.45, 2.75) is 38.1 Å². The van der Waals surface area contributed by atoms with E-state index in [1.54, 1.807) is 0 Å². The van der Waals surface area contributed by atoms with Gasteiger partial charge in [0.1, 0.15) is 6.04 Å². The quantitative estimate of drug-likeness (QED) is 0.544. The molecule has 1 saturated heterocycles. The summed E-state index contributed by atoms with van der Waals surface area (Å²) in [6, 6.07) is -0.0533. The smallest absolute Gasteiger partial charge is 0.323 e. The van der Waals surface area contributed by atoms with Gasteiger partial charge in [0.25, 0.3) is 0 Å². The number of unbranched alkanes of at least 4 members (excludes halogenated alkanes) is 1. The molecule has 0 aromatic heterocycles. The molecule has 0 amide bonds. The highest BCUT2D eigenvalue weighted by molar-refractivity contribution is 5.75. The molecule has 0 aliphatic carbocycles. The summed E-state index contributed by atoms with van der Waals surface area (Å²) in [4.78, 5) is 13.7. The Morgan fingerprint density at radius 2 is 2.27 bits per heavy atom. The number of likely N-dealkylation sites (tertiary alicyclic amines) is 1. The van der Waals surface area contributed by atoms with Crippen molar-refractivity contribution >= 4 is 5.97 Å². The molecule has 1 heterocycles. The number of nitrogens with zero attached hydrogens (tertiary/aromatic N) is 1. The highest BCUT2D eigenvalue weighted by Crippen LogP contribution is 2.18. The zero-order valence-corrected chi connectivity index (χ0v) is 9.45. The number of aliphatic hydroxyl groups excluding tert-OH is 1. The Morgan fingerprint density at radius 3 is 2.93 bits per heavy atom. The van der Waals surface area contributed by atoms with Crippen molar-refractivity contribution in [2.24, 2.45) is 0 Å². The molecule has 4 nitrogen and oxygen atoms in total. The summed E-state index contributed by atoms with van der Waals surface area (Å²) >= 11 is 0. The Bertz CT molecular complexity index is 196. The number of methoxy groups -OCH3 is 1. The normalized spacial score (nSPS) is 22.7. The van der Waals surface area contributed by atoms with Crippen LogP contribution in [-0.4, -0.2) is 48.8 Å². The maximum atomic E-state index is 11.5. The molecular weight excluding hydrogens is 194 g/mol. The van der Waals surface area contributed by atoms with Gasteiger partial charge in [0.05, 0.1) is 7.11 Å². The highest BCUT2D eigenvalue weighted by Gasteiger charge is 2.28. The van der Waals surface area contributed by atoms with Gasteiger partial charge in [-0.25, -0.2) is 0 Å². The number of carbonyl (C=O) groups is 1. The van der Waals surface area contributed by atoms with Crippen LogP contribution in [0.4, 0.5) is 0 Å². The number of hydrogen-bond acceptors (Lipinski definition) is 4. The number of carbonyl (C=O) groups excluding carboxylic acids is 1. The molecule has 1 aliphatic rings. The van der Waals surface area contributed by atoms with E-state index < -0.39 is 0 Å². The minimum atomic E-state index is -0.112. The summed E-state index contributed by atoms with van der Waals surface area (Å²) in [5.74, 6) is -0.112. The second kappa shape index (κ2) is 6.80. The molecule has 0 spiro atoms. The molecule has 0 radical (unpaired) electrons. The molecular formula is C11H21NO3. The van der Waals surface area contributed by atoms with E-state index in [1.807, 2.05) is 0 Å². The Hall–Kier alpha value is -0.610. The Balaban J connectivity index is 2.39. The van der Waals surface area contributed by atoms with Gasteiger partial charge in [-0.05, 0) is 38.8 Å². The molecule has 0 bridgehead atoms. The number of rotatable bonds is 5. The van der Waals surface area contributed by atoms with Crippen LogP contribution in [0, 0.1) is 0 Å². The van der Waals surface area contributed by atoms with Crippen molar-refractivity contribution in [1.82, 2.24) is 4.90 Å². The molecule has 0 aromatic rings. The van der Waals surface area contributed by atoms with Crippen LogP contribution in [-0.2, 0) is 9.53 Å². The van der Waals surface area contributed by atoms with Gasteiger partial charge in [0.2, 0.25) is 0 Å². The first-order valence-corrected chi connectivity index (χ1v) is 5.72. The van der Waals surface area contributed by atoms with Gasteiger partial charge >= 0.3 is 5.97 Å². The maximum Gasteiger partial charge on any atom is 0.323 e. The van der Waals surface area contributed by atoms with E-state index >= 15 is 0 Å². The van der Waals surface area contributed by atoms with Crippen LogP contribution in [0.1, 0.15) is 32.1 Å². The lowest BCUT2D eigenvalue weighted by molar-refractivity contribution is -0.148. The third kappa shape index (κ3) is 3.80. The van der Waals surface area contributed by atoms with Crippen LogP contribution in [0.25, 0.3) is 0 Å². The number of esters is 1. The first-order chi connectivity index (χ1) is 7.29. The standard InChI is InChI=1S/C11H21NO3/c1-15-11(14)10-6-2-3-7-12(10)8-4-5-9-13/h10,13H,2-9H2,1H3. The molecule has 4 heteroatoms. The fourth-order valence-corrected chi connectivity index (χ4v) is 2.09. The van der Waals surface area contributed by atoms with Crippen molar-refractivity contribution in [3.05, 3.63) is 0 Å². The molecule has 1 unspecified atom stereocenters. The molecule has 1 N–H and O–H groups in total. The minimum Gasteiger partial charge on any atom is -0.468 e. The Kier molecular flexibility index (Phi) is 5.65. The average molecular weight is 215 g/mol. The van der Waals surface area contributed by atoms with E-state index in [-0.39, 0.29) is 18.6 Å². The molecule has 1 atom stereocenters. The number of piperidine rings is 1. The Morgan fingerprint density at radius 1 is 1.47 bits per heavy atom. The number of ether oxygens (including phenoxy) is 1. The molecule has 0 saturated carbocycles. The molecule has 1 fully saturated rings. The molecule has 88 valence electrons. The fourth-order valence-electron chi connectivity index (χ4n) is 2.09. The van der Waals surface area contributed by atoms with Crippen molar-refractivity contribution in [3.63, 3.8) is 0 Å². The number of hydrogen-bond donors (Lipinski definition) is 1. The van der Waals surface area contributed by atoms with E-state index in [0.717, 1.165) is 45.2 Å². The van der Waals surface area contributed by atoms with Crippen LogP contribution >= 0.6 is 0 Å². The largest absolute Gasteiger partial charge is 0.468 e. The van der Waals surface area contributed by atoms with Gasteiger partial charge in [-0.15, -0.1) is 0 Å². The summed E-state index contributed by atoms with van der Waals surface area (Å²) in [6.45, 7) is 2.10. The third-order valence-corrected chi connectivity index (χ3v) is 2.94. The van der Waals surface area contributed by atoms with E-state index in [1.165, 1.54) is 7.11 Å². The lowest BCUT2D eigenvalue weighted by atomic mass is 10.0. The summed E-state index contributed by atoms with van der Waals surface area (Å²) in [5.41, 5.74) is 0. The van der Waals surface area contributed by atoms with Crippen LogP contribution < -0.4 is 0 Å². The van der Waals surface area contributed by atoms with Crippen molar-refractivity contribution < 1.29 is 14.6 Å². The topological polar surface area (TPSA) is 49.8 Å². The van der Waals surface area contributed by atoms with Crippen LogP contribution in [0.15, 0.2) is 0 Å². The van der Waals surface area contributed by atoms with Gasteiger partial charge in [-0.2, -0.15) is 0 Å². The SMILES string of the molecule is COC(=O)C1CCCCN1CCCCO. The zero-order chi connectivity index (χ0) is 11.1. The van der Waals surface area contributed by atoms with Crippen LogP contribution in [0.5, 0.6) is 0 Å². The van der Waals surface area contributed by atoms with Gasteiger partial charge in [0.15, 0.2) is 0 Å². The van der Waals surface area contributed by atoms with Crippen molar-refractivity contribution in [2.75, 3.05) is 26.8 Å². The summed E-state index contributed by atoms with van der Waals surface area (Å²) in [6.07, 6.45) is 4.93.